The Bertz CT molecular complexity index is 2780. The number of rotatable bonds is 11. The largest absolute Gasteiger partial charge is 0.489 e. The molecule has 0 bridgehead atoms. The van der Waals surface area contributed by atoms with Crippen LogP contribution in [0.2, 0.25) is 0 Å². The molecule has 16 heteroatoms. The van der Waals surface area contributed by atoms with Gasteiger partial charge in [-0.1, -0.05) is 0 Å². The van der Waals surface area contributed by atoms with Crippen LogP contribution in [0.4, 0.5) is 23.0 Å². The van der Waals surface area contributed by atoms with E-state index in [9.17, 15) is 14.7 Å². The molecule has 0 amide bonds. The van der Waals surface area contributed by atoms with Crippen molar-refractivity contribution < 1.29 is 28.9 Å². The summed E-state index contributed by atoms with van der Waals surface area (Å²) in [7, 11) is 0. The van der Waals surface area contributed by atoms with E-state index in [1.807, 2.05) is 53.1 Å². The molecule has 0 unspecified atom stereocenters. The molecule has 3 N–H and O–H groups in total. The maximum absolute atomic E-state index is 12.3. The highest BCUT2D eigenvalue weighted by atomic mass is 32.1. The second kappa shape index (κ2) is 17.4. The lowest BCUT2D eigenvalue weighted by atomic mass is 9.88. The molecule has 2 aromatic carbocycles. The van der Waals surface area contributed by atoms with Crippen LogP contribution in [0.15, 0.2) is 46.9 Å². The molecule has 0 spiro atoms. The van der Waals surface area contributed by atoms with Gasteiger partial charge < -0.3 is 30.0 Å². The minimum atomic E-state index is -0.724. The molecule has 320 valence electrons. The van der Waals surface area contributed by atoms with Gasteiger partial charge in [0.1, 0.15) is 45.5 Å². The summed E-state index contributed by atoms with van der Waals surface area (Å²) in [4.78, 5) is 54.7. The lowest BCUT2D eigenvalue weighted by Gasteiger charge is -2.21. The number of thiophene rings is 2. The second-order valence-corrected chi connectivity index (χ2v) is 18.6. The molecule has 6 heterocycles. The van der Waals surface area contributed by atoms with Gasteiger partial charge in [0.2, 0.25) is 0 Å². The summed E-state index contributed by atoms with van der Waals surface area (Å²) in [5.74, 6) is 1.84. The van der Waals surface area contributed by atoms with Gasteiger partial charge in [-0.3, -0.25) is 19.6 Å². The number of carboxylic acids is 1. The number of hydrogen-bond acceptors (Lipinski definition) is 15. The van der Waals surface area contributed by atoms with Crippen molar-refractivity contribution in [2.75, 3.05) is 17.2 Å². The highest BCUT2D eigenvalue weighted by Gasteiger charge is 2.31. The summed E-state index contributed by atoms with van der Waals surface area (Å²) in [5.41, 5.74) is 8.61. The van der Waals surface area contributed by atoms with Crippen LogP contribution in [0.1, 0.15) is 90.6 Å². The second-order valence-electron chi connectivity index (χ2n) is 16.4. The molecule has 2 atom stereocenters. The number of fused-ring (bicyclic) bond motifs is 8. The molecule has 6 aromatic rings. The van der Waals surface area contributed by atoms with Gasteiger partial charge in [0.05, 0.1) is 65.9 Å². The van der Waals surface area contributed by atoms with E-state index in [1.54, 1.807) is 35.3 Å². The Hall–Kier alpha value is -6.00. The maximum atomic E-state index is 12.3. The van der Waals surface area contributed by atoms with Crippen LogP contribution < -0.4 is 20.1 Å². The number of ether oxygens (including phenoxy) is 3. The number of hydrogen-bond donors (Lipinski definition) is 3. The molecule has 62 heavy (non-hydrogen) atoms. The molecule has 10 rings (SSSR count). The predicted octanol–water partition coefficient (Wildman–Crippen LogP) is 9.17. The maximum Gasteiger partial charge on any atom is 0.309 e. The lowest BCUT2D eigenvalue weighted by Crippen LogP contribution is -2.23. The zero-order chi connectivity index (χ0) is 43.1. The van der Waals surface area contributed by atoms with Crippen LogP contribution in [0.3, 0.4) is 0 Å². The Balaban J connectivity index is 0.000000158. The van der Waals surface area contributed by atoms with Crippen molar-refractivity contribution in [3.05, 3.63) is 80.1 Å². The predicted molar refractivity (Wildman–Crippen MR) is 244 cm³/mol. The number of carbonyl (C=O) groups excluding carboxylic acids is 1. The Morgan fingerprint density at radius 3 is 1.68 bits per heavy atom. The Morgan fingerprint density at radius 2 is 1.21 bits per heavy atom. The molecule has 2 aliphatic carbocycles. The van der Waals surface area contributed by atoms with Gasteiger partial charge in [-0.15, -0.1) is 22.7 Å². The fraction of sp³-hybridized carbons (Fsp3) is 0.391. The van der Waals surface area contributed by atoms with Gasteiger partial charge in [-0.05, 0) is 131 Å². The third kappa shape index (κ3) is 8.32. The smallest absolute Gasteiger partial charge is 0.309 e. The quantitative estimate of drug-likeness (QED) is 0.105. The highest BCUT2D eigenvalue weighted by molar-refractivity contribution is 7.19. The number of esters is 1. The van der Waals surface area contributed by atoms with Crippen molar-refractivity contribution >= 4 is 90.5 Å². The first-order chi connectivity index (χ1) is 30.0. The standard InChI is InChI=1S/C24H26N4O3S.C22H22N4O3S/c1-4-30-24(29)14-5-6-17-20(9-14)32-23-21(17)22(26-12-27-23)28-18-7-15-10-25-11-16(15)8-19(18)31-13(2)3;1-11(2)29-17-6-14-9-23-8-13(14)5-16(17)26-20-19-15-4-3-12(22(27)28)7-18(15)30-21(19)25-10-24-20/h7-8,10,12-14H,4-6,9,11H2,1-3H3,(H,26,27,28);5-6,8,10-12H,3-4,7,9H2,1-2H3,(H,27,28)(H,24,25,26)/t14-;12-/m00/s1. The number of aliphatic carboxylic acids is 1. The summed E-state index contributed by atoms with van der Waals surface area (Å²) in [5, 5.41) is 18.4. The molecular weight excluding hydrogens is 825 g/mol. The first kappa shape index (κ1) is 41.4. The zero-order valence-corrected chi connectivity index (χ0v) is 36.9. The number of anilines is 4. The van der Waals surface area contributed by atoms with E-state index in [0.717, 1.165) is 101 Å². The van der Waals surface area contributed by atoms with Crippen LogP contribution in [0, 0.1) is 11.8 Å². The summed E-state index contributed by atoms with van der Waals surface area (Å²) >= 11 is 3.22. The van der Waals surface area contributed by atoms with Crippen molar-refractivity contribution in [2.24, 2.45) is 21.8 Å². The number of benzene rings is 2. The van der Waals surface area contributed by atoms with Crippen molar-refractivity contribution in [3.8, 4) is 11.5 Å². The number of aliphatic imine (C=N–C) groups is 2. The third-order valence-corrected chi connectivity index (χ3v) is 13.7. The molecular formula is C46H48N8O6S2. The molecule has 0 saturated heterocycles. The lowest BCUT2D eigenvalue weighted by molar-refractivity contribution is -0.148. The number of carbonyl (C=O) groups is 2. The number of nitrogens with one attached hydrogen (secondary N) is 2. The minimum absolute atomic E-state index is 0.0400. The van der Waals surface area contributed by atoms with Gasteiger partial charge in [0.25, 0.3) is 0 Å². The minimum Gasteiger partial charge on any atom is -0.489 e. The molecule has 0 saturated carbocycles. The van der Waals surface area contributed by atoms with E-state index in [-0.39, 0.29) is 30.0 Å². The van der Waals surface area contributed by atoms with Crippen molar-refractivity contribution in [3.63, 3.8) is 0 Å². The summed E-state index contributed by atoms with van der Waals surface area (Å²) in [6, 6.07) is 8.24. The molecule has 2 aliphatic heterocycles. The van der Waals surface area contributed by atoms with E-state index in [2.05, 4.69) is 58.8 Å². The molecule has 0 fully saturated rings. The van der Waals surface area contributed by atoms with E-state index in [0.29, 0.717) is 39.0 Å². The molecule has 14 nitrogen and oxygen atoms in total. The van der Waals surface area contributed by atoms with Gasteiger partial charge in [0, 0.05) is 22.2 Å². The van der Waals surface area contributed by atoms with Crippen LogP contribution in [-0.4, -0.2) is 68.2 Å². The third-order valence-electron chi connectivity index (χ3n) is 11.4. The number of carboxylic acid groups (broad SMARTS) is 1. The normalized spacial score (nSPS) is 17.0. The average Bonchev–Trinajstić information content (AvgIpc) is 4.05. The SMILES string of the molecule is CC(C)Oc1cc2c(cc1Nc1ncnc3sc4c(c13)CC[C@H](C(=O)O)C4)C=NC2.CCOC(=O)[C@H]1CCc2c(sc3ncnc(Nc4cc5c(cc4OC(C)C)CN=C5)c23)C1. The first-order valence-electron chi connectivity index (χ1n) is 21.1. The van der Waals surface area contributed by atoms with Crippen molar-refractivity contribution in [1.29, 1.82) is 0 Å². The van der Waals surface area contributed by atoms with E-state index >= 15 is 0 Å². The Kier molecular flexibility index (Phi) is 11.6. The van der Waals surface area contributed by atoms with Gasteiger partial charge >= 0.3 is 11.9 Å². The van der Waals surface area contributed by atoms with Crippen LogP contribution >= 0.6 is 22.7 Å². The molecule has 0 radical (unpaired) electrons. The Labute approximate surface area is 366 Å². The summed E-state index contributed by atoms with van der Waals surface area (Å²) in [6.45, 7) is 11.7. The summed E-state index contributed by atoms with van der Waals surface area (Å²) < 4.78 is 17.4. The van der Waals surface area contributed by atoms with Crippen molar-refractivity contribution in [2.45, 2.75) is 98.4 Å². The van der Waals surface area contributed by atoms with Crippen LogP contribution in [0.5, 0.6) is 11.5 Å². The van der Waals surface area contributed by atoms with E-state index in [1.165, 1.54) is 16.0 Å². The van der Waals surface area contributed by atoms with Crippen LogP contribution in [-0.2, 0) is 53.1 Å². The van der Waals surface area contributed by atoms with Gasteiger partial charge in [-0.25, -0.2) is 19.9 Å². The average molecular weight is 873 g/mol. The van der Waals surface area contributed by atoms with Gasteiger partial charge in [-0.2, -0.15) is 0 Å². The molecule has 4 aromatic heterocycles. The Morgan fingerprint density at radius 1 is 0.726 bits per heavy atom. The number of aromatic nitrogens is 4. The molecule has 4 aliphatic rings. The van der Waals surface area contributed by atoms with Gasteiger partial charge in [0.15, 0.2) is 0 Å². The van der Waals surface area contributed by atoms with Crippen molar-refractivity contribution in [1.82, 2.24) is 19.9 Å². The summed E-state index contributed by atoms with van der Waals surface area (Å²) in [6.07, 6.45) is 11.2. The monoisotopic (exact) mass is 872 g/mol. The topological polar surface area (TPSA) is 182 Å². The fourth-order valence-corrected chi connectivity index (χ4v) is 11.0. The first-order valence-corrected chi connectivity index (χ1v) is 22.8. The fourth-order valence-electron chi connectivity index (χ4n) is 8.51. The van der Waals surface area contributed by atoms with E-state index < -0.39 is 5.97 Å². The number of aryl methyl sites for hydroxylation is 2. The zero-order valence-electron chi connectivity index (χ0n) is 35.3. The van der Waals surface area contributed by atoms with E-state index in [4.69, 9.17) is 14.2 Å². The van der Waals surface area contributed by atoms with Crippen LogP contribution in [0.25, 0.3) is 20.4 Å². The number of nitrogens with zero attached hydrogens (tertiary/aromatic N) is 6. The highest BCUT2D eigenvalue weighted by Crippen LogP contribution is 2.44.